The minimum Gasteiger partial charge on any atom is -0.308 e. The van der Waals surface area contributed by atoms with Crippen molar-refractivity contribution >= 4 is 21.5 Å². The Labute approximate surface area is 133 Å². The molecular formula is C13H28O7P2. The van der Waals surface area contributed by atoms with Crippen LogP contribution in [-0.4, -0.2) is 38.1 Å². The highest BCUT2D eigenvalue weighted by Gasteiger charge is 2.51. The summed E-state index contributed by atoms with van der Waals surface area (Å²) in [5.41, 5.74) is 0. The summed E-state index contributed by atoms with van der Waals surface area (Å²) in [5, 5.41) is -1.13. The van der Waals surface area contributed by atoms with Gasteiger partial charge in [-0.2, -0.15) is 0 Å². The lowest BCUT2D eigenvalue weighted by molar-refractivity contribution is -0.110. The Morgan fingerprint density at radius 1 is 0.818 bits per heavy atom. The third-order valence-corrected chi connectivity index (χ3v) is 8.83. The molecular weight excluding hydrogens is 330 g/mol. The van der Waals surface area contributed by atoms with Crippen molar-refractivity contribution in [3.05, 3.63) is 0 Å². The number of carbonyl (C=O) groups excluding carboxylic acids is 1. The fraction of sp³-hybridized carbons (Fsp3) is 0.923. The first-order valence-corrected chi connectivity index (χ1v) is 10.8. The van der Waals surface area contributed by atoms with Gasteiger partial charge in [-0.3, -0.25) is 9.13 Å². The summed E-state index contributed by atoms with van der Waals surface area (Å²) in [4.78, 5) is 11.0. The molecule has 0 spiro atoms. The molecule has 22 heavy (non-hydrogen) atoms. The van der Waals surface area contributed by atoms with E-state index < -0.39 is 26.5 Å². The van der Waals surface area contributed by atoms with E-state index in [1.807, 2.05) is 0 Å². The van der Waals surface area contributed by atoms with E-state index in [2.05, 4.69) is 0 Å². The second-order valence-electron chi connectivity index (χ2n) is 4.58. The highest BCUT2D eigenvalue weighted by Crippen LogP contribution is 2.71. The van der Waals surface area contributed by atoms with Crippen molar-refractivity contribution < 1.29 is 32.0 Å². The van der Waals surface area contributed by atoms with Crippen LogP contribution in [0.3, 0.4) is 0 Å². The molecule has 0 rings (SSSR count). The Kier molecular flexibility index (Phi) is 10.7. The molecule has 0 saturated carbocycles. The summed E-state index contributed by atoms with van der Waals surface area (Å²) in [6.07, 6.45) is 0.746. The molecule has 0 heterocycles. The molecule has 0 aromatic heterocycles. The van der Waals surface area contributed by atoms with Crippen LogP contribution in [0, 0.1) is 5.92 Å². The van der Waals surface area contributed by atoms with Crippen LogP contribution in [0.2, 0.25) is 0 Å². The molecule has 0 amide bonds. The lowest BCUT2D eigenvalue weighted by Crippen LogP contribution is -2.20. The third-order valence-electron chi connectivity index (χ3n) is 2.78. The van der Waals surface area contributed by atoms with Gasteiger partial charge in [0.1, 0.15) is 6.29 Å². The first-order valence-electron chi connectivity index (χ1n) is 7.56. The van der Waals surface area contributed by atoms with Crippen LogP contribution in [0.4, 0.5) is 0 Å². The maximum atomic E-state index is 13.1. The Balaban J connectivity index is 5.79. The number of carbonyl (C=O) groups is 1. The Hall–Kier alpha value is -0.0300. The van der Waals surface area contributed by atoms with Crippen molar-refractivity contribution in [1.82, 2.24) is 0 Å². The number of rotatable bonds is 13. The van der Waals surface area contributed by atoms with Crippen LogP contribution in [0.25, 0.3) is 0 Å². The molecule has 0 fully saturated rings. The van der Waals surface area contributed by atoms with E-state index in [1.54, 1.807) is 34.6 Å². The largest absolute Gasteiger partial charge is 0.345 e. The van der Waals surface area contributed by atoms with Crippen LogP contribution in [-0.2, 0) is 32.0 Å². The molecule has 0 aliphatic carbocycles. The zero-order valence-electron chi connectivity index (χ0n) is 14.0. The SMILES string of the molecule is CCOP(=O)(OCC)C(CC(C)C=O)P(=O)(OCC)OCC. The van der Waals surface area contributed by atoms with Crippen LogP contribution < -0.4 is 0 Å². The molecule has 0 aliphatic rings. The summed E-state index contributed by atoms with van der Waals surface area (Å²) in [6, 6.07) is 0. The summed E-state index contributed by atoms with van der Waals surface area (Å²) in [5.74, 6) is -0.478. The van der Waals surface area contributed by atoms with E-state index >= 15 is 0 Å². The lowest BCUT2D eigenvalue weighted by atomic mass is 10.1. The van der Waals surface area contributed by atoms with Crippen molar-refractivity contribution in [2.45, 2.75) is 46.4 Å². The third kappa shape index (κ3) is 6.23. The normalized spacial score (nSPS) is 14.3. The molecule has 0 aromatic carbocycles. The van der Waals surface area contributed by atoms with Crippen LogP contribution in [0.1, 0.15) is 41.0 Å². The van der Waals surface area contributed by atoms with Crippen molar-refractivity contribution in [1.29, 1.82) is 0 Å². The molecule has 1 unspecified atom stereocenters. The monoisotopic (exact) mass is 358 g/mol. The van der Waals surface area contributed by atoms with Gasteiger partial charge >= 0.3 is 15.2 Å². The van der Waals surface area contributed by atoms with E-state index in [4.69, 9.17) is 18.1 Å². The average Bonchev–Trinajstić information content (AvgIpc) is 2.45. The molecule has 0 aromatic rings. The summed E-state index contributed by atoms with van der Waals surface area (Å²) in [7, 11) is -7.50. The Morgan fingerprint density at radius 3 is 1.36 bits per heavy atom. The standard InChI is InChI=1S/C13H28O7P2/c1-6-17-21(15,18-7-2)13(10-12(5)11-14)22(16,19-8-3)20-9-4/h11-13H,6-10H2,1-5H3. The van der Waals surface area contributed by atoms with Gasteiger partial charge in [-0.05, 0) is 34.1 Å². The van der Waals surface area contributed by atoms with Gasteiger partial charge in [0.25, 0.3) is 0 Å². The van der Waals surface area contributed by atoms with E-state index in [-0.39, 0.29) is 32.8 Å². The zero-order valence-corrected chi connectivity index (χ0v) is 15.8. The maximum absolute atomic E-state index is 13.1. The molecule has 0 N–H and O–H groups in total. The van der Waals surface area contributed by atoms with Gasteiger partial charge < -0.3 is 22.9 Å². The average molecular weight is 358 g/mol. The molecule has 7 nitrogen and oxygen atoms in total. The van der Waals surface area contributed by atoms with Gasteiger partial charge in [0.15, 0.2) is 5.40 Å². The van der Waals surface area contributed by atoms with Gasteiger partial charge in [-0.1, -0.05) is 6.92 Å². The predicted octanol–water partition coefficient (Wildman–Crippen LogP) is 4.07. The first-order chi connectivity index (χ1) is 10.3. The topological polar surface area (TPSA) is 88.1 Å². The minimum absolute atomic E-state index is 0.0397. The molecule has 132 valence electrons. The van der Waals surface area contributed by atoms with E-state index in [9.17, 15) is 13.9 Å². The fourth-order valence-corrected chi connectivity index (χ4v) is 7.60. The highest BCUT2D eigenvalue weighted by molar-refractivity contribution is 7.72. The minimum atomic E-state index is -3.75. The quantitative estimate of drug-likeness (QED) is 0.362. The molecule has 9 heteroatoms. The summed E-state index contributed by atoms with van der Waals surface area (Å²) < 4.78 is 47.3. The second kappa shape index (κ2) is 10.7. The van der Waals surface area contributed by atoms with Crippen molar-refractivity contribution in [2.75, 3.05) is 26.4 Å². The smallest absolute Gasteiger partial charge is 0.308 e. The van der Waals surface area contributed by atoms with Crippen molar-refractivity contribution in [3.63, 3.8) is 0 Å². The Bertz CT molecular complexity index is 363. The predicted molar refractivity (Wildman–Crippen MR) is 85.4 cm³/mol. The molecule has 0 bridgehead atoms. The first kappa shape index (κ1) is 22.0. The van der Waals surface area contributed by atoms with Crippen LogP contribution in [0.5, 0.6) is 0 Å². The summed E-state index contributed by atoms with van der Waals surface area (Å²) >= 11 is 0. The van der Waals surface area contributed by atoms with Crippen molar-refractivity contribution in [2.24, 2.45) is 5.92 Å². The zero-order chi connectivity index (χ0) is 17.2. The fourth-order valence-electron chi connectivity index (χ4n) is 1.96. The lowest BCUT2D eigenvalue weighted by Gasteiger charge is -2.32. The van der Waals surface area contributed by atoms with Crippen LogP contribution in [0.15, 0.2) is 0 Å². The number of aldehydes is 1. The number of hydrogen-bond acceptors (Lipinski definition) is 7. The van der Waals surface area contributed by atoms with Gasteiger partial charge in [-0.15, -0.1) is 0 Å². The van der Waals surface area contributed by atoms with Gasteiger partial charge in [0.05, 0.1) is 26.4 Å². The van der Waals surface area contributed by atoms with Crippen molar-refractivity contribution in [3.8, 4) is 0 Å². The summed E-state index contributed by atoms with van der Waals surface area (Å²) in [6.45, 7) is 8.81. The number of hydrogen-bond donors (Lipinski definition) is 0. The maximum Gasteiger partial charge on any atom is 0.345 e. The second-order valence-corrected chi connectivity index (χ2v) is 9.43. The van der Waals surface area contributed by atoms with Gasteiger partial charge in [0.2, 0.25) is 0 Å². The van der Waals surface area contributed by atoms with Crippen LogP contribution >= 0.6 is 15.2 Å². The molecule has 0 aliphatic heterocycles. The van der Waals surface area contributed by atoms with Gasteiger partial charge in [-0.25, -0.2) is 0 Å². The van der Waals surface area contributed by atoms with Gasteiger partial charge in [0, 0.05) is 5.92 Å². The Morgan fingerprint density at radius 2 is 1.14 bits per heavy atom. The molecule has 0 radical (unpaired) electrons. The highest BCUT2D eigenvalue weighted by atomic mass is 31.2. The van der Waals surface area contributed by atoms with E-state index in [0.29, 0.717) is 6.29 Å². The van der Waals surface area contributed by atoms with E-state index in [1.165, 1.54) is 0 Å². The molecule has 0 saturated heterocycles. The molecule has 1 atom stereocenters. The van der Waals surface area contributed by atoms with E-state index in [0.717, 1.165) is 0 Å².